The van der Waals surface area contributed by atoms with Crippen LogP contribution in [0.15, 0.2) is 67.0 Å². The van der Waals surface area contributed by atoms with E-state index in [2.05, 4.69) is 36.4 Å². The van der Waals surface area contributed by atoms with E-state index in [1.165, 1.54) is 5.56 Å². The number of anilines is 3. The fraction of sp³-hybridized carbons (Fsp3) is 0.217. The Morgan fingerprint density at radius 2 is 1.68 bits per heavy atom. The quantitative estimate of drug-likeness (QED) is 0.628. The van der Waals surface area contributed by atoms with Crippen molar-refractivity contribution in [3.63, 3.8) is 0 Å². The molecule has 2 aromatic carbocycles. The molecule has 0 aliphatic heterocycles. The van der Waals surface area contributed by atoms with Crippen molar-refractivity contribution in [2.75, 3.05) is 17.7 Å². The van der Waals surface area contributed by atoms with Crippen LogP contribution in [0.2, 0.25) is 0 Å². The second kappa shape index (κ2) is 8.13. The van der Waals surface area contributed by atoms with Gasteiger partial charge in [-0.05, 0) is 41.3 Å². The standard InChI is InChI=1S/C23H25N3O2/c1-23(2,3)17-9-11-18(12-10-17)26-22(27)16-13-19(15-24-14-16)25-20-7-5-6-8-21(20)28-4/h5-15,25H,1-4H3,(H,26,27). The highest BCUT2D eigenvalue weighted by molar-refractivity contribution is 6.04. The highest BCUT2D eigenvalue weighted by Crippen LogP contribution is 2.27. The van der Waals surface area contributed by atoms with Crippen LogP contribution in [-0.4, -0.2) is 18.0 Å². The molecule has 3 rings (SSSR count). The van der Waals surface area contributed by atoms with Gasteiger partial charge in [0.05, 0.1) is 30.2 Å². The van der Waals surface area contributed by atoms with Gasteiger partial charge in [0.25, 0.3) is 5.91 Å². The Morgan fingerprint density at radius 3 is 2.36 bits per heavy atom. The maximum absolute atomic E-state index is 12.6. The number of para-hydroxylation sites is 2. The molecule has 0 atom stereocenters. The number of aromatic nitrogens is 1. The molecule has 1 heterocycles. The molecular formula is C23H25N3O2. The van der Waals surface area contributed by atoms with Crippen LogP contribution in [0.1, 0.15) is 36.7 Å². The van der Waals surface area contributed by atoms with Crippen molar-refractivity contribution in [3.05, 3.63) is 78.1 Å². The molecule has 1 aromatic heterocycles. The number of ether oxygens (including phenoxy) is 1. The van der Waals surface area contributed by atoms with Gasteiger partial charge < -0.3 is 15.4 Å². The Labute approximate surface area is 165 Å². The lowest BCUT2D eigenvalue weighted by Crippen LogP contribution is -2.14. The zero-order chi connectivity index (χ0) is 20.1. The summed E-state index contributed by atoms with van der Waals surface area (Å²) >= 11 is 0. The van der Waals surface area contributed by atoms with Crippen LogP contribution in [0.3, 0.4) is 0 Å². The van der Waals surface area contributed by atoms with Gasteiger partial charge >= 0.3 is 0 Å². The topological polar surface area (TPSA) is 63.2 Å². The van der Waals surface area contributed by atoms with Crippen LogP contribution in [0.4, 0.5) is 17.1 Å². The number of nitrogens with zero attached hydrogens (tertiary/aromatic N) is 1. The molecule has 0 bridgehead atoms. The molecule has 0 unspecified atom stereocenters. The van der Waals surface area contributed by atoms with E-state index in [1.54, 1.807) is 25.6 Å². The Morgan fingerprint density at radius 1 is 0.964 bits per heavy atom. The summed E-state index contributed by atoms with van der Waals surface area (Å²) in [6, 6.07) is 17.3. The molecule has 3 aromatic rings. The molecule has 0 radical (unpaired) electrons. The number of hydrogen-bond donors (Lipinski definition) is 2. The zero-order valence-corrected chi connectivity index (χ0v) is 16.6. The number of carbonyl (C=O) groups is 1. The normalized spacial score (nSPS) is 11.0. The van der Waals surface area contributed by atoms with Gasteiger partial charge in [-0.15, -0.1) is 0 Å². The van der Waals surface area contributed by atoms with Crippen molar-refractivity contribution in [2.45, 2.75) is 26.2 Å². The fourth-order valence-corrected chi connectivity index (χ4v) is 2.79. The van der Waals surface area contributed by atoms with Gasteiger partial charge in [-0.25, -0.2) is 0 Å². The van der Waals surface area contributed by atoms with Crippen molar-refractivity contribution < 1.29 is 9.53 Å². The smallest absolute Gasteiger partial charge is 0.257 e. The Kier molecular flexibility index (Phi) is 5.64. The second-order valence-electron chi connectivity index (χ2n) is 7.57. The van der Waals surface area contributed by atoms with E-state index in [1.807, 2.05) is 48.5 Å². The number of nitrogens with one attached hydrogen (secondary N) is 2. The van der Waals surface area contributed by atoms with Gasteiger partial charge in [0, 0.05) is 11.9 Å². The lowest BCUT2D eigenvalue weighted by molar-refractivity contribution is 0.102. The number of benzene rings is 2. The van der Waals surface area contributed by atoms with E-state index in [0.717, 1.165) is 17.1 Å². The molecule has 5 nitrogen and oxygen atoms in total. The van der Waals surface area contributed by atoms with Gasteiger partial charge in [-0.2, -0.15) is 0 Å². The Balaban J connectivity index is 1.73. The van der Waals surface area contributed by atoms with Gasteiger partial charge in [0.1, 0.15) is 5.75 Å². The summed E-state index contributed by atoms with van der Waals surface area (Å²) in [4.78, 5) is 16.8. The maximum Gasteiger partial charge on any atom is 0.257 e. The van der Waals surface area contributed by atoms with Crippen molar-refractivity contribution in [2.24, 2.45) is 0 Å². The minimum absolute atomic E-state index is 0.0744. The number of carbonyl (C=O) groups excluding carboxylic acids is 1. The van der Waals surface area contributed by atoms with Gasteiger partial charge in [0.2, 0.25) is 0 Å². The first-order valence-corrected chi connectivity index (χ1v) is 9.14. The summed E-state index contributed by atoms with van der Waals surface area (Å²) in [6.07, 6.45) is 3.22. The molecule has 0 fully saturated rings. The third-order valence-corrected chi connectivity index (χ3v) is 4.40. The first-order chi connectivity index (χ1) is 13.4. The van der Waals surface area contributed by atoms with Crippen LogP contribution < -0.4 is 15.4 Å². The molecule has 28 heavy (non-hydrogen) atoms. The lowest BCUT2D eigenvalue weighted by atomic mass is 9.87. The Hall–Kier alpha value is -3.34. The number of pyridine rings is 1. The highest BCUT2D eigenvalue weighted by Gasteiger charge is 2.14. The molecule has 5 heteroatoms. The maximum atomic E-state index is 12.6. The van der Waals surface area contributed by atoms with Crippen molar-refractivity contribution in [3.8, 4) is 5.75 Å². The molecule has 0 aliphatic carbocycles. The third kappa shape index (κ3) is 4.68. The van der Waals surface area contributed by atoms with Gasteiger partial charge in [0.15, 0.2) is 0 Å². The third-order valence-electron chi connectivity index (χ3n) is 4.40. The van der Waals surface area contributed by atoms with Gasteiger partial charge in [-0.1, -0.05) is 45.0 Å². The largest absolute Gasteiger partial charge is 0.495 e. The van der Waals surface area contributed by atoms with Crippen LogP contribution >= 0.6 is 0 Å². The van der Waals surface area contributed by atoms with Crippen LogP contribution in [-0.2, 0) is 5.41 Å². The van der Waals surface area contributed by atoms with Crippen LogP contribution in [0.25, 0.3) is 0 Å². The van der Waals surface area contributed by atoms with E-state index in [9.17, 15) is 4.79 Å². The number of hydrogen-bond acceptors (Lipinski definition) is 4. The van der Waals surface area contributed by atoms with Crippen molar-refractivity contribution >= 4 is 23.0 Å². The van der Waals surface area contributed by atoms with E-state index >= 15 is 0 Å². The predicted octanol–water partition coefficient (Wildman–Crippen LogP) is 5.38. The minimum Gasteiger partial charge on any atom is -0.495 e. The SMILES string of the molecule is COc1ccccc1Nc1cncc(C(=O)Nc2ccc(C(C)(C)C)cc2)c1. The highest BCUT2D eigenvalue weighted by atomic mass is 16.5. The number of rotatable bonds is 5. The fourth-order valence-electron chi connectivity index (χ4n) is 2.79. The van der Waals surface area contributed by atoms with Crippen molar-refractivity contribution in [1.29, 1.82) is 0 Å². The number of methoxy groups -OCH3 is 1. The van der Waals surface area contributed by atoms with E-state index in [4.69, 9.17) is 4.74 Å². The Bertz CT molecular complexity index is 960. The summed E-state index contributed by atoms with van der Waals surface area (Å²) < 4.78 is 5.35. The first-order valence-electron chi connectivity index (χ1n) is 9.14. The molecular weight excluding hydrogens is 350 g/mol. The average molecular weight is 375 g/mol. The minimum atomic E-state index is -0.209. The van der Waals surface area contributed by atoms with Crippen molar-refractivity contribution in [1.82, 2.24) is 4.98 Å². The molecule has 0 saturated heterocycles. The van der Waals surface area contributed by atoms with Gasteiger partial charge in [-0.3, -0.25) is 9.78 Å². The average Bonchev–Trinajstić information content (AvgIpc) is 2.68. The summed E-state index contributed by atoms with van der Waals surface area (Å²) in [5.41, 5.74) is 4.03. The van der Waals surface area contributed by atoms with Crippen LogP contribution in [0.5, 0.6) is 5.75 Å². The molecule has 1 amide bonds. The predicted molar refractivity (Wildman–Crippen MR) is 114 cm³/mol. The number of amides is 1. The van der Waals surface area contributed by atoms with Crippen LogP contribution in [0, 0.1) is 0 Å². The molecule has 0 spiro atoms. The monoisotopic (exact) mass is 375 g/mol. The van der Waals surface area contributed by atoms with E-state index in [0.29, 0.717) is 11.3 Å². The second-order valence-corrected chi connectivity index (χ2v) is 7.57. The van der Waals surface area contributed by atoms with E-state index < -0.39 is 0 Å². The summed E-state index contributed by atoms with van der Waals surface area (Å²) in [5.74, 6) is 0.510. The van der Waals surface area contributed by atoms with E-state index in [-0.39, 0.29) is 11.3 Å². The molecule has 2 N–H and O–H groups in total. The zero-order valence-electron chi connectivity index (χ0n) is 16.6. The molecule has 144 valence electrons. The summed E-state index contributed by atoms with van der Waals surface area (Å²) in [6.45, 7) is 6.48. The molecule has 0 aliphatic rings. The lowest BCUT2D eigenvalue weighted by Gasteiger charge is -2.19. The summed E-state index contributed by atoms with van der Waals surface area (Å²) in [7, 11) is 1.62. The first kappa shape index (κ1) is 19.4. The summed E-state index contributed by atoms with van der Waals surface area (Å²) in [5, 5.41) is 6.16. The molecule has 0 saturated carbocycles.